The summed E-state index contributed by atoms with van der Waals surface area (Å²) in [5.74, 6) is 0.833. The van der Waals surface area contributed by atoms with Gasteiger partial charge in [-0.15, -0.1) is 79.4 Å². The highest BCUT2D eigenvalue weighted by Crippen LogP contribution is 2.56. The second-order valence-electron chi connectivity index (χ2n) is 23.1. The number of amides is 1. The molecule has 0 fully saturated rings. The number of fused-ring (bicyclic) bond motifs is 4. The largest absolute Gasteiger partial charge is 0.268 e. The van der Waals surface area contributed by atoms with Crippen molar-refractivity contribution in [2.45, 2.75) is 207 Å². The van der Waals surface area contributed by atoms with Crippen LogP contribution in [0.1, 0.15) is 220 Å². The Morgan fingerprint density at radius 1 is 0.378 bits per heavy atom. The summed E-state index contributed by atoms with van der Waals surface area (Å²) in [6, 6.07) is 32.2. The summed E-state index contributed by atoms with van der Waals surface area (Å²) < 4.78 is 0. The number of nitrogens with zero attached hydrogens (tertiary/aromatic N) is 2. The first kappa shape index (κ1) is 59.5. The molecule has 430 valence electrons. The summed E-state index contributed by atoms with van der Waals surface area (Å²) in [5.41, 5.74) is 9.62. The summed E-state index contributed by atoms with van der Waals surface area (Å²) >= 11 is 13.5. The molecule has 0 spiro atoms. The Morgan fingerprint density at radius 3 is 1.27 bits per heavy atom. The molecule has 10 heteroatoms. The van der Waals surface area contributed by atoms with Crippen molar-refractivity contribution in [2.75, 3.05) is 4.90 Å². The van der Waals surface area contributed by atoms with Crippen LogP contribution in [0.25, 0.3) is 69.3 Å². The van der Waals surface area contributed by atoms with Crippen molar-refractivity contribution in [3.05, 3.63) is 129 Å². The topological polar surface area (TPSA) is 32.7 Å². The zero-order valence-corrected chi connectivity index (χ0v) is 54.9. The highest BCUT2D eigenvalue weighted by Gasteiger charge is 2.44. The lowest BCUT2D eigenvalue weighted by atomic mass is 10.0. The van der Waals surface area contributed by atoms with E-state index in [9.17, 15) is 0 Å². The number of hydrogen-bond acceptors (Lipinski definition) is 9. The van der Waals surface area contributed by atoms with E-state index in [2.05, 4.69) is 123 Å². The fraction of sp³-hybridized carbons (Fsp3) is 0.444. The Kier molecular flexibility index (Phi) is 21.2. The molecule has 11 rings (SSSR count). The number of benzene rings is 2. The number of amidine groups is 1. The molecule has 2 aromatic carbocycles. The monoisotopic (exact) mass is 1220 g/mol. The molecule has 0 N–H and O–H groups in total. The Bertz CT molecular complexity index is 3560. The highest BCUT2D eigenvalue weighted by atomic mass is 32.1. The lowest BCUT2D eigenvalue weighted by molar-refractivity contribution is 0.101. The normalized spacial score (nSPS) is 12.9. The third-order valence-corrected chi connectivity index (χ3v) is 25.7. The minimum atomic E-state index is 0.0503. The quantitative estimate of drug-likeness (QED) is 0.0370. The van der Waals surface area contributed by atoms with Crippen LogP contribution in [0.15, 0.2) is 101 Å². The maximum absolute atomic E-state index is 15.8. The van der Waals surface area contributed by atoms with E-state index in [1.165, 1.54) is 230 Å². The average molecular weight is 1220 g/mol. The van der Waals surface area contributed by atoms with Gasteiger partial charge in [-0.1, -0.05) is 180 Å². The molecular formula is C72H84N2OS7. The Labute approximate surface area is 518 Å². The van der Waals surface area contributed by atoms with Crippen molar-refractivity contribution in [2.24, 2.45) is 4.99 Å². The molecule has 0 bridgehead atoms. The van der Waals surface area contributed by atoms with Crippen LogP contribution in [0, 0.1) is 0 Å². The van der Waals surface area contributed by atoms with Gasteiger partial charge < -0.3 is 0 Å². The van der Waals surface area contributed by atoms with Crippen molar-refractivity contribution in [3.8, 4) is 58.5 Å². The van der Waals surface area contributed by atoms with Gasteiger partial charge in [0.15, 0.2) is 0 Å². The van der Waals surface area contributed by atoms with Crippen molar-refractivity contribution in [1.82, 2.24) is 0 Å². The fourth-order valence-electron chi connectivity index (χ4n) is 12.5. The Morgan fingerprint density at radius 2 is 0.793 bits per heavy atom. The fourth-order valence-corrected chi connectivity index (χ4v) is 20.9. The predicted molar refractivity (Wildman–Crippen MR) is 369 cm³/mol. The van der Waals surface area contributed by atoms with Crippen molar-refractivity contribution < 1.29 is 4.79 Å². The summed E-state index contributed by atoms with van der Waals surface area (Å²) in [5, 5.41) is 6.79. The summed E-state index contributed by atoms with van der Waals surface area (Å²) in [6.45, 7) is 9.22. The number of rotatable bonds is 34. The number of aryl methyl sites for hydroxylation is 4. The zero-order chi connectivity index (χ0) is 56.2. The molecule has 0 unspecified atom stereocenters. The van der Waals surface area contributed by atoms with Crippen LogP contribution in [0.2, 0.25) is 0 Å². The Balaban J connectivity index is 0.990. The number of carbonyl (C=O) groups is 1. The summed E-state index contributed by atoms with van der Waals surface area (Å²) in [4.78, 5) is 39.2. The molecule has 0 saturated carbocycles. The van der Waals surface area contributed by atoms with Crippen LogP contribution in [-0.2, 0) is 25.7 Å². The molecule has 9 heterocycles. The first-order valence-electron chi connectivity index (χ1n) is 31.7. The van der Waals surface area contributed by atoms with Gasteiger partial charge in [-0.25, -0.2) is 4.99 Å². The van der Waals surface area contributed by atoms with E-state index in [-0.39, 0.29) is 5.91 Å². The summed E-state index contributed by atoms with van der Waals surface area (Å²) in [7, 11) is 0. The molecule has 0 radical (unpaired) electrons. The van der Waals surface area contributed by atoms with Gasteiger partial charge in [-0.05, 0) is 150 Å². The molecule has 2 aliphatic heterocycles. The number of hydrogen-bond donors (Lipinski definition) is 0. The molecular weight excluding hydrogens is 1130 g/mol. The van der Waals surface area contributed by atoms with Crippen LogP contribution in [0.4, 0.5) is 11.4 Å². The van der Waals surface area contributed by atoms with E-state index in [1.54, 1.807) is 0 Å². The van der Waals surface area contributed by atoms with E-state index in [0.29, 0.717) is 0 Å². The number of aliphatic imine (C=N–C) groups is 1. The molecule has 2 aliphatic rings. The van der Waals surface area contributed by atoms with Crippen LogP contribution in [0.3, 0.4) is 0 Å². The average Bonchev–Trinajstić information content (AvgIpc) is 2.55. The van der Waals surface area contributed by atoms with Gasteiger partial charge in [0.1, 0.15) is 5.84 Å². The van der Waals surface area contributed by atoms with Gasteiger partial charge in [-0.2, -0.15) is 0 Å². The Hall–Kier alpha value is -4.26. The first-order valence-corrected chi connectivity index (χ1v) is 37.5. The maximum atomic E-state index is 15.8. The minimum Gasteiger partial charge on any atom is -0.268 e. The third kappa shape index (κ3) is 13.4. The number of anilines is 1. The van der Waals surface area contributed by atoms with Gasteiger partial charge in [0.05, 0.1) is 32.3 Å². The van der Waals surface area contributed by atoms with Crippen LogP contribution < -0.4 is 4.90 Å². The first-order chi connectivity index (χ1) is 40.5. The SMILES string of the molecule is CCCCCCCCc1ccsc1-c1ccc(-c2sc(-c3sc(-c4cc(CCCCCCCC)c(-c5ccc(-c6sccc6CCCCCCCC)s5)s4)c4c3C(=O)N3C4=Nc4cccc5cccc3c45)cc2CCCCCCCC)s1. The van der Waals surface area contributed by atoms with Crippen molar-refractivity contribution in [1.29, 1.82) is 0 Å². The van der Waals surface area contributed by atoms with Gasteiger partial charge in [0.25, 0.3) is 5.91 Å². The molecule has 1 amide bonds. The molecule has 82 heavy (non-hydrogen) atoms. The number of carbonyl (C=O) groups excluding carboxylic acids is 1. The van der Waals surface area contributed by atoms with E-state index >= 15 is 4.79 Å². The lowest BCUT2D eigenvalue weighted by Gasteiger charge is -2.25. The van der Waals surface area contributed by atoms with Crippen molar-refractivity contribution in [3.63, 3.8) is 0 Å². The van der Waals surface area contributed by atoms with Gasteiger partial charge in [-0.3, -0.25) is 9.69 Å². The third-order valence-electron chi connectivity index (χ3n) is 17.0. The molecule has 0 atom stereocenters. The van der Waals surface area contributed by atoms with Gasteiger partial charge >= 0.3 is 0 Å². The van der Waals surface area contributed by atoms with Gasteiger partial charge in [0.2, 0.25) is 0 Å². The standard InChI is InChI=1S/C72H84N2OS7/c1-5-9-13-17-21-25-31-50-43-45-76-65(50)56-39-41-58(78-56)67-52(33-27-23-19-15-11-7-3)47-60(80-67)69-63-64(72(75)74-55-38-30-36-49-35-29-37-54(62(49)55)73-71(63)74)70(82-69)61-48-53(34-28-24-20-16-12-8-4)68(81-61)59-42-40-57(79-59)66-51(44-46-77-66)32-26-22-18-14-10-6-2/h29-30,35-48H,5-28,31-34H2,1-4H3. The smallest absolute Gasteiger partial charge is 0.266 e. The van der Waals surface area contributed by atoms with E-state index in [1.807, 2.05) is 84.3 Å². The number of unbranched alkanes of at least 4 members (excludes halogenated alkanes) is 20. The molecule has 0 aliphatic carbocycles. The molecule has 0 saturated heterocycles. The number of thiophene rings is 7. The second-order valence-corrected chi connectivity index (χ2v) is 30.2. The highest BCUT2D eigenvalue weighted by molar-refractivity contribution is 7.31. The van der Waals surface area contributed by atoms with E-state index in [4.69, 9.17) is 4.99 Å². The zero-order valence-electron chi connectivity index (χ0n) is 49.2. The molecule has 9 aromatic rings. The molecule has 3 nitrogen and oxygen atoms in total. The van der Waals surface area contributed by atoms with E-state index < -0.39 is 0 Å². The van der Waals surface area contributed by atoms with Gasteiger partial charge in [0, 0.05) is 54.2 Å². The van der Waals surface area contributed by atoms with Crippen LogP contribution in [-0.4, -0.2) is 11.7 Å². The lowest BCUT2D eigenvalue weighted by Crippen LogP contribution is -2.32. The predicted octanol–water partition coefficient (Wildman–Crippen LogP) is 25.9. The molecule has 7 aromatic heterocycles. The van der Waals surface area contributed by atoms with E-state index in [0.717, 1.165) is 69.7 Å². The minimum absolute atomic E-state index is 0.0503. The van der Waals surface area contributed by atoms with Crippen LogP contribution >= 0.6 is 79.4 Å². The van der Waals surface area contributed by atoms with Crippen LogP contribution in [0.5, 0.6) is 0 Å². The van der Waals surface area contributed by atoms with Crippen molar-refractivity contribution >= 4 is 113 Å². The second kappa shape index (κ2) is 29.2. The summed E-state index contributed by atoms with van der Waals surface area (Å²) in [6.07, 6.45) is 35.5. The maximum Gasteiger partial charge on any atom is 0.266 e.